The van der Waals surface area contributed by atoms with Crippen molar-refractivity contribution in [2.45, 2.75) is 0 Å². The number of carbonyl (C=O) groups is 1. The molecule has 6 heteroatoms. The number of nitrogens with one attached hydrogen (secondary N) is 2. The molecular weight excluding hydrogens is 290 g/mol. The van der Waals surface area contributed by atoms with E-state index < -0.39 is 11.9 Å². The lowest BCUT2D eigenvalue weighted by atomic mass is 10.0. The first kappa shape index (κ1) is 14.5. The second-order valence-corrected chi connectivity index (χ2v) is 5.07. The van der Waals surface area contributed by atoms with E-state index in [1.165, 1.54) is 0 Å². The summed E-state index contributed by atoms with van der Waals surface area (Å²) in [6.07, 6.45) is 0. The van der Waals surface area contributed by atoms with Crippen LogP contribution in [0.15, 0.2) is 54.6 Å². The summed E-state index contributed by atoms with van der Waals surface area (Å²) in [7, 11) is 0. The van der Waals surface area contributed by atoms with Gasteiger partial charge in [0.25, 0.3) is 5.91 Å². The molecule has 0 bridgehead atoms. The molecule has 0 aliphatic rings. The highest BCUT2D eigenvalue weighted by Gasteiger charge is 2.14. The fourth-order valence-corrected chi connectivity index (χ4v) is 2.40. The third-order valence-electron chi connectivity index (χ3n) is 3.39. The predicted octanol–water partition coefficient (Wildman–Crippen LogP) is 2.11. The maximum absolute atomic E-state index is 12.3. The Morgan fingerprint density at radius 3 is 2.61 bits per heavy atom. The number of guanidine groups is 1. The highest BCUT2D eigenvalue weighted by molar-refractivity contribution is 6.12. The summed E-state index contributed by atoms with van der Waals surface area (Å²) in [4.78, 5) is 16.9. The predicted molar refractivity (Wildman–Crippen MR) is 91.0 cm³/mol. The molecule has 6 nitrogen and oxygen atoms in total. The van der Waals surface area contributed by atoms with Crippen LogP contribution in [-0.4, -0.2) is 16.9 Å². The van der Waals surface area contributed by atoms with Crippen LogP contribution in [0.2, 0.25) is 0 Å². The van der Waals surface area contributed by atoms with Crippen molar-refractivity contribution in [3.63, 3.8) is 0 Å². The number of hydrogen-bond acceptors (Lipinski definition) is 4. The molecule has 3 aromatic rings. The first-order chi connectivity index (χ1) is 11.0. The van der Waals surface area contributed by atoms with E-state index in [1.54, 1.807) is 24.3 Å². The number of hydrogen-bond donors (Lipinski definition) is 4. The first-order valence-corrected chi connectivity index (χ1v) is 6.95. The lowest BCUT2D eigenvalue weighted by Gasteiger charge is -2.10. The summed E-state index contributed by atoms with van der Waals surface area (Å²) < 4.78 is 0. The normalized spacial score (nSPS) is 10.4. The van der Waals surface area contributed by atoms with Gasteiger partial charge in [0.15, 0.2) is 5.96 Å². The molecule has 0 fully saturated rings. The minimum absolute atomic E-state index is 0.401. The molecule has 0 atom stereocenters. The van der Waals surface area contributed by atoms with Crippen LogP contribution in [0.4, 0.5) is 5.69 Å². The van der Waals surface area contributed by atoms with Crippen LogP contribution in [-0.2, 0) is 0 Å². The maximum Gasteiger partial charge on any atom is 0.258 e. The molecule has 0 saturated carbocycles. The zero-order valence-electron chi connectivity index (χ0n) is 12.2. The third-order valence-corrected chi connectivity index (χ3v) is 3.39. The van der Waals surface area contributed by atoms with Gasteiger partial charge in [0.05, 0.1) is 16.8 Å². The number of fused-ring (bicyclic) bond motifs is 1. The van der Waals surface area contributed by atoms with E-state index in [9.17, 15) is 4.79 Å². The monoisotopic (exact) mass is 305 g/mol. The molecule has 0 aliphatic carbocycles. The summed E-state index contributed by atoms with van der Waals surface area (Å²) in [5, 5.41) is 10.2. The quantitative estimate of drug-likeness (QED) is 0.329. The molecule has 1 amide bonds. The second-order valence-electron chi connectivity index (χ2n) is 5.07. The Morgan fingerprint density at radius 2 is 1.87 bits per heavy atom. The number of carbonyl (C=O) groups excluding carboxylic acids is 1. The fourth-order valence-electron chi connectivity index (χ4n) is 2.40. The van der Waals surface area contributed by atoms with Gasteiger partial charge in [-0.1, -0.05) is 30.3 Å². The summed E-state index contributed by atoms with van der Waals surface area (Å²) in [5.74, 6) is -0.845. The van der Waals surface area contributed by atoms with Gasteiger partial charge in [-0.15, -0.1) is 0 Å². The number of pyridine rings is 1. The van der Waals surface area contributed by atoms with Gasteiger partial charge in [-0.25, -0.2) is 4.98 Å². The molecule has 0 radical (unpaired) electrons. The van der Waals surface area contributed by atoms with Crippen LogP contribution < -0.4 is 16.8 Å². The maximum atomic E-state index is 12.3. The number of anilines is 1. The topological polar surface area (TPSA) is 118 Å². The van der Waals surface area contributed by atoms with Crippen molar-refractivity contribution >= 4 is 28.5 Å². The molecule has 1 heterocycles. The Kier molecular flexibility index (Phi) is 3.64. The van der Waals surface area contributed by atoms with E-state index >= 15 is 0 Å². The van der Waals surface area contributed by atoms with Gasteiger partial charge >= 0.3 is 0 Å². The van der Waals surface area contributed by atoms with Gasteiger partial charge in [0.2, 0.25) is 0 Å². The fraction of sp³-hybridized carbons (Fsp3) is 0. The Bertz CT molecular complexity index is 920. The largest absolute Gasteiger partial charge is 0.399 e. The molecule has 3 rings (SSSR count). The summed E-state index contributed by atoms with van der Waals surface area (Å²) >= 11 is 0. The standard InChI is InChI=1S/C17H15N5O/c18-11-5-3-4-10(8-11)15-9-13(16(23)22-17(19)20)12-6-1-2-7-14(12)21-15/h1-9H,18H2,(H4,19,20,22,23). The van der Waals surface area contributed by atoms with Crippen LogP contribution in [0.3, 0.4) is 0 Å². The molecule has 114 valence electrons. The number of nitrogens with zero attached hydrogens (tertiary/aromatic N) is 1. The average molecular weight is 305 g/mol. The third kappa shape index (κ3) is 2.96. The second kappa shape index (κ2) is 5.76. The Labute approximate surface area is 132 Å². The number of rotatable bonds is 2. The minimum atomic E-state index is -0.443. The number of aromatic nitrogens is 1. The van der Waals surface area contributed by atoms with E-state index in [-0.39, 0.29) is 0 Å². The summed E-state index contributed by atoms with van der Waals surface area (Å²) in [5.41, 5.74) is 14.2. The van der Waals surface area contributed by atoms with Crippen molar-refractivity contribution in [3.05, 3.63) is 60.2 Å². The lowest BCUT2D eigenvalue weighted by Crippen LogP contribution is -2.35. The zero-order valence-corrected chi connectivity index (χ0v) is 12.2. The van der Waals surface area contributed by atoms with Gasteiger partial charge < -0.3 is 11.5 Å². The van der Waals surface area contributed by atoms with E-state index in [0.29, 0.717) is 27.8 Å². The number of nitrogens with two attached hydrogens (primary N) is 2. The average Bonchev–Trinajstić information content (AvgIpc) is 2.53. The molecule has 2 aromatic carbocycles. The zero-order chi connectivity index (χ0) is 16.4. The molecule has 23 heavy (non-hydrogen) atoms. The number of benzene rings is 2. The van der Waals surface area contributed by atoms with Crippen LogP contribution in [0.5, 0.6) is 0 Å². The van der Waals surface area contributed by atoms with E-state index in [2.05, 4.69) is 10.3 Å². The molecule has 0 saturated heterocycles. The van der Waals surface area contributed by atoms with Crippen LogP contribution in [0.25, 0.3) is 22.2 Å². The number of para-hydroxylation sites is 1. The Balaban J connectivity index is 2.21. The van der Waals surface area contributed by atoms with Crippen molar-refractivity contribution < 1.29 is 4.79 Å². The Morgan fingerprint density at radius 1 is 1.09 bits per heavy atom. The molecule has 1 aromatic heterocycles. The van der Waals surface area contributed by atoms with Crippen LogP contribution in [0, 0.1) is 5.41 Å². The first-order valence-electron chi connectivity index (χ1n) is 6.95. The van der Waals surface area contributed by atoms with Crippen LogP contribution >= 0.6 is 0 Å². The van der Waals surface area contributed by atoms with Crippen molar-refractivity contribution in [3.8, 4) is 11.3 Å². The van der Waals surface area contributed by atoms with E-state index in [0.717, 1.165) is 5.56 Å². The van der Waals surface area contributed by atoms with Gasteiger partial charge in [-0.3, -0.25) is 15.5 Å². The van der Waals surface area contributed by atoms with Crippen molar-refractivity contribution in [1.29, 1.82) is 5.41 Å². The van der Waals surface area contributed by atoms with Crippen molar-refractivity contribution in [2.24, 2.45) is 5.73 Å². The molecular formula is C17H15N5O. The number of amides is 1. The highest BCUT2D eigenvalue weighted by Crippen LogP contribution is 2.25. The van der Waals surface area contributed by atoms with Crippen molar-refractivity contribution in [1.82, 2.24) is 10.3 Å². The molecule has 0 aliphatic heterocycles. The van der Waals surface area contributed by atoms with Gasteiger partial charge in [-0.05, 0) is 24.3 Å². The van der Waals surface area contributed by atoms with Gasteiger partial charge in [-0.2, -0.15) is 0 Å². The minimum Gasteiger partial charge on any atom is -0.399 e. The van der Waals surface area contributed by atoms with Gasteiger partial charge in [0.1, 0.15) is 0 Å². The summed E-state index contributed by atoms with van der Waals surface area (Å²) in [6.45, 7) is 0. The van der Waals surface area contributed by atoms with E-state index in [1.807, 2.05) is 30.3 Å². The lowest BCUT2D eigenvalue weighted by molar-refractivity contribution is 0.0978. The van der Waals surface area contributed by atoms with Crippen LogP contribution in [0.1, 0.15) is 10.4 Å². The number of nitrogen functional groups attached to an aromatic ring is 1. The smallest absolute Gasteiger partial charge is 0.258 e. The SMILES string of the molecule is N=C(N)NC(=O)c1cc(-c2cccc(N)c2)nc2ccccc12. The Hall–Kier alpha value is -3.41. The van der Waals surface area contributed by atoms with Crippen molar-refractivity contribution in [2.75, 3.05) is 5.73 Å². The molecule has 6 N–H and O–H groups in total. The summed E-state index contributed by atoms with van der Waals surface area (Å²) in [6, 6.07) is 16.3. The highest BCUT2D eigenvalue weighted by atomic mass is 16.1. The molecule has 0 unspecified atom stereocenters. The van der Waals surface area contributed by atoms with E-state index in [4.69, 9.17) is 16.9 Å². The molecule has 0 spiro atoms. The van der Waals surface area contributed by atoms with Gasteiger partial charge in [0, 0.05) is 16.6 Å².